The molecule has 120 valence electrons. The predicted molar refractivity (Wildman–Crippen MR) is 82.5 cm³/mol. The zero-order valence-electron chi connectivity index (χ0n) is 12.8. The Labute approximate surface area is 131 Å². The molecule has 0 spiro atoms. The van der Waals surface area contributed by atoms with Crippen molar-refractivity contribution in [3.8, 4) is 5.75 Å². The zero-order chi connectivity index (χ0) is 15.6. The van der Waals surface area contributed by atoms with Gasteiger partial charge in [0.15, 0.2) is 6.61 Å². The van der Waals surface area contributed by atoms with E-state index < -0.39 is 5.97 Å². The second-order valence-electron chi connectivity index (χ2n) is 5.47. The molecule has 1 saturated carbocycles. The highest BCUT2D eigenvalue weighted by atomic mass is 16.5. The van der Waals surface area contributed by atoms with Gasteiger partial charge >= 0.3 is 5.97 Å². The van der Waals surface area contributed by atoms with E-state index in [1.165, 1.54) is 6.42 Å². The summed E-state index contributed by atoms with van der Waals surface area (Å²) >= 11 is 0. The molecule has 1 aromatic rings. The van der Waals surface area contributed by atoms with Gasteiger partial charge in [-0.2, -0.15) is 0 Å². The second-order valence-corrected chi connectivity index (χ2v) is 5.47. The van der Waals surface area contributed by atoms with E-state index in [1.54, 1.807) is 0 Å². The SMILES string of the molecule is O=C(COC(=O)CCOc1ccccc1)NC1CCCCC1. The minimum Gasteiger partial charge on any atom is -0.493 e. The van der Waals surface area contributed by atoms with Gasteiger partial charge in [-0.3, -0.25) is 9.59 Å². The highest BCUT2D eigenvalue weighted by Gasteiger charge is 2.16. The van der Waals surface area contributed by atoms with E-state index in [-0.39, 0.29) is 31.6 Å². The minimum atomic E-state index is -0.422. The van der Waals surface area contributed by atoms with Gasteiger partial charge < -0.3 is 14.8 Å². The van der Waals surface area contributed by atoms with E-state index in [9.17, 15) is 9.59 Å². The van der Waals surface area contributed by atoms with Crippen molar-refractivity contribution in [1.29, 1.82) is 0 Å². The second kappa shape index (κ2) is 9.07. The number of nitrogens with one attached hydrogen (secondary N) is 1. The van der Waals surface area contributed by atoms with Crippen LogP contribution < -0.4 is 10.1 Å². The number of esters is 1. The molecule has 0 atom stereocenters. The summed E-state index contributed by atoms with van der Waals surface area (Å²) in [6.45, 7) is 0.0355. The third kappa shape index (κ3) is 6.16. The molecule has 2 rings (SSSR count). The van der Waals surface area contributed by atoms with Crippen molar-refractivity contribution >= 4 is 11.9 Å². The average Bonchev–Trinajstić information content (AvgIpc) is 2.55. The standard InChI is InChI=1S/C17H23NO4/c19-16(18-14-7-3-1-4-8-14)13-22-17(20)11-12-21-15-9-5-2-6-10-15/h2,5-6,9-10,14H,1,3-4,7-8,11-13H2,(H,18,19). The van der Waals surface area contributed by atoms with Crippen LogP contribution in [0.15, 0.2) is 30.3 Å². The van der Waals surface area contributed by atoms with Crippen LogP contribution in [0, 0.1) is 0 Å². The topological polar surface area (TPSA) is 64.6 Å². The molecule has 5 heteroatoms. The summed E-state index contributed by atoms with van der Waals surface area (Å²) in [5.74, 6) is 0.0734. The maximum atomic E-state index is 11.7. The fourth-order valence-electron chi connectivity index (χ4n) is 2.50. The fraction of sp³-hybridized carbons (Fsp3) is 0.529. The van der Waals surface area contributed by atoms with Crippen LogP contribution in [-0.4, -0.2) is 31.1 Å². The molecular formula is C17H23NO4. The molecule has 1 amide bonds. The summed E-state index contributed by atoms with van der Waals surface area (Å²) in [5.41, 5.74) is 0. The number of amides is 1. The maximum absolute atomic E-state index is 11.7. The largest absolute Gasteiger partial charge is 0.493 e. The van der Waals surface area contributed by atoms with Gasteiger partial charge in [0, 0.05) is 6.04 Å². The smallest absolute Gasteiger partial charge is 0.309 e. The third-order valence-corrected chi connectivity index (χ3v) is 3.65. The first-order valence-electron chi connectivity index (χ1n) is 7.87. The Hall–Kier alpha value is -2.04. The van der Waals surface area contributed by atoms with Crippen LogP contribution in [0.5, 0.6) is 5.75 Å². The Morgan fingerprint density at radius 3 is 2.55 bits per heavy atom. The molecule has 0 bridgehead atoms. The van der Waals surface area contributed by atoms with E-state index in [0.717, 1.165) is 25.7 Å². The van der Waals surface area contributed by atoms with Crippen LogP contribution in [0.3, 0.4) is 0 Å². The Bertz CT molecular complexity index is 469. The lowest BCUT2D eigenvalue weighted by atomic mass is 9.95. The van der Waals surface area contributed by atoms with Crippen LogP contribution >= 0.6 is 0 Å². The van der Waals surface area contributed by atoms with Gasteiger partial charge in [-0.1, -0.05) is 37.5 Å². The lowest BCUT2D eigenvalue weighted by Gasteiger charge is -2.22. The fourth-order valence-corrected chi connectivity index (χ4v) is 2.50. The van der Waals surface area contributed by atoms with E-state index in [4.69, 9.17) is 9.47 Å². The number of hydrogen-bond donors (Lipinski definition) is 1. The molecule has 1 aromatic carbocycles. The Morgan fingerprint density at radius 1 is 1.09 bits per heavy atom. The van der Waals surface area contributed by atoms with Crippen LogP contribution in [0.1, 0.15) is 38.5 Å². The van der Waals surface area contributed by atoms with Crippen molar-refractivity contribution in [2.45, 2.75) is 44.6 Å². The molecule has 1 fully saturated rings. The van der Waals surface area contributed by atoms with Gasteiger partial charge in [0.25, 0.3) is 5.91 Å². The van der Waals surface area contributed by atoms with Gasteiger partial charge in [-0.15, -0.1) is 0 Å². The highest BCUT2D eigenvalue weighted by Crippen LogP contribution is 2.17. The summed E-state index contributed by atoms with van der Waals surface area (Å²) in [6.07, 6.45) is 5.71. The van der Waals surface area contributed by atoms with Gasteiger partial charge in [0.05, 0.1) is 13.0 Å². The molecule has 0 radical (unpaired) electrons. The van der Waals surface area contributed by atoms with E-state index in [0.29, 0.717) is 5.75 Å². The van der Waals surface area contributed by atoms with E-state index in [1.807, 2.05) is 30.3 Å². The molecule has 0 saturated heterocycles. The number of carbonyl (C=O) groups excluding carboxylic acids is 2. The molecular weight excluding hydrogens is 282 g/mol. The molecule has 22 heavy (non-hydrogen) atoms. The average molecular weight is 305 g/mol. The quantitative estimate of drug-likeness (QED) is 0.786. The van der Waals surface area contributed by atoms with Crippen molar-refractivity contribution < 1.29 is 19.1 Å². The van der Waals surface area contributed by atoms with Gasteiger partial charge in [0.2, 0.25) is 0 Å². The van der Waals surface area contributed by atoms with Crippen molar-refractivity contribution in [3.63, 3.8) is 0 Å². The third-order valence-electron chi connectivity index (χ3n) is 3.65. The molecule has 1 aliphatic carbocycles. The summed E-state index contributed by atoms with van der Waals surface area (Å²) in [7, 11) is 0. The molecule has 0 heterocycles. The lowest BCUT2D eigenvalue weighted by Crippen LogP contribution is -2.38. The molecule has 0 aliphatic heterocycles. The molecule has 0 unspecified atom stereocenters. The number of benzene rings is 1. The Balaban J connectivity index is 1.56. The van der Waals surface area contributed by atoms with Crippen molar-refractivity contribution in [1.82, 2.24) is 5.32 Å². The number of para-hydroxylation sites is 1. The van der Waals surface area contributed by atoms with Crippen LogP contribution in [0.4, 0.5) is 0 Å². The molecule has 1 aliphatic rings. The Kier molecular flexibility index (Phi) is 6.74. The van der Waals surface area contributed by atoms with E-state index >= 15 is 0 Å². The number of carbonyl (C=O) groups is 2. The lowest BCUT2D eigenvalue weighted by molar-refractivity contribution is -0.149. The van der Waals surface area contributed by atoms with Gasteiger partial charge in [-0.05, 0) is 25.0 Å². The first-order chi connectivity index (χ1) is 10.7. The molecule has 5 nitrogen and oxygen atoms in total. The first kappa shape index (κ1) is 16.3. The summed E-state index contributed by atoms with van der Waals surface area (Å²) in [4.78, 5) is 23.2. The van der Waals surface area contributed by atoms with Gasteiger partial charge in [0.1, 0.15) is 5.75 Å². The summed E-state index contributed by atoms with van der Waals surface area (Å²) < 4.78 is 10.4. The van der Waals surface area contributed by atoms with E-state index in [2.05, 4.69) is 5.32 Å². The molecule has 0 aromatic heterocycles. The highest BCUT2D eigenvalue weighted by molar-refractivity contribution is 5.80. The van der Waals surface area contributed by atoms with Crippen molar-refractivity contribution in [2.75, 3.05) is 13.2 Å². The Morgan fingerprint density at radius 2 is 1.82 bits per heavy atom. The number of hydrogen-bond acceptors (Lipinski definition) is 4. The van der Waals surface area contributed by atoms with Crippen LogP contribution in [0.2, 0.25) is 0 Å². The van der Waals surface area contributed by atoms with Crippen molar-refractivity contribution in [3.05, 3.63) is 30.3 Å². The first-order valence-corrected chi connectivity index (χ1v) is 7.87. The number of ether oxygens (including phenoxy) is 2. The van der Waals surface area contributed by atoms with Crippen LogP contribution in [0.25, 0.3) is 0 Å². The summed E-state index contributed by atoms with van der Waals surface area (Å²) in [6, 6.07) is 9.51. The summed E-state index contributed by atoms with van der Waals surface area (Å²) in [5, 5.41) is 2.91. The molecule has 1 N–H and O–H groups in total. The monoisotopic (exact) mass is 305 g/mol. The minimum absolute atomic E-state index is 0.131. The van der Waals surface area contributed by atoms with Crippen LogP contribution in [-0.2, 0) is 14.3 Å². The van der Waals surface area contributed by atoms with Crippen molar-refractivity contribution in [2.24, 2.45) is 0 Å². The van der Waals surface area contributed by atoms with Gasteiger partial charge in [-0.25, -0.2) is 0 Å². The predicted octanol–water partition coefficient (Wildman–Crippen LogP) is 2.45. The normalized spacial score (nSPS) is 15.1. The number of rotatable bonds is 7. The maximum Gasteiger partial charge on any atom is 0.309 e. The zero-order valence-corrected chi connectivity index (χ0v) is 12.8.